The van der Waals surface area contributed by atoms with E-state index in [1.807, 2.05) is 29.7 Å². The van der Waals surface area contributed by atoms with Gasteiger partial charge in [0.25, 0.3) is 0 Å². The quantitative estimate of drug-likeness (QED) is 0.546. The zero-order valence-corrected chi connectivity index (χ0v) is 10.9. The molecule has 0 atom stereocenters. The first-order chi connectivity index (χ1) is 8.84. The molecule has 90 valence electrons. The van der Waals surface area contributed by atoms with Crippen molar-refractivity contribution in [3.05, 3.63) is 63.4 Å². The molecule has 0 saturated carbocycles. The monoisotopic (exact) mass is 254 g/mol. The molecule has 1 heterocycles. The fourth-order valence-corrected chi connectivity index (χ4v) is 3.03. The van der Waals surface area contributed by atoms with Crippen LogP contribution in [0.1, 0.15) is 34.3 Å². The van der Waals surface area contributed by atoms with Crippen LogP contribution in [0.4, 0.5) is 0 Å². The summed E-state index contributed by atoms with van der Waals surface area (Å²) in [5, 5.41) is 4.12. The van der Waals surface area contributed by atoms with Crippen molar-refractivity contribution >= 4 is 23.2 Å². The Balaban J connectivity index is 2.02. The molecule has 3 rings (SSSR count). The molecule has 0 saturated heterocycles. The molecule has 2 heteroatoms. The van der Waals surface area contributed by atoms with Crippen LogP contribution in [0, 0.1) is 0 Å². The molecule has 0 amide bonds. The minimum Gasteiger partial charge on any atom is -0.289 e. The van der Waals surface area contributed by atoms with Crippen LogP contribution >= 0.6 is 11.3 Å². The van der Waals surface area contributed by atoms with Gasteiger partial charge in [-0.25, -0.2) is 0 Å². The van der Waals surface area contributed by atoms with Crippen molar-refractivity contribution in [1.82, 2.24) is 0 Å². The SMILES string of the molecule is O=C1C(=Cc2ccsc2)CCCc2ccccc21. The van der Waals surface area contributed by atoms with Gasteiger partial charge in [-0.2, -0.15) is 11.3 Å². The highest BCUT2D eigenvalue weighted by molar-refractivity contribution is 7.08. The highest BCUT2D eigenvalue weighted by Crippen LogP contribution is 2.26. The van der Waals surface area contributed by atoms with E-state index < -0.39 is 0 Å². The van der Waals surface area contributed by atoms with Gasteiger partial charge in [-0.15, -0.1) is 0 Å². The van der Waals surface area contributed by atoms with Crippen LogP contribution in [-0.2, 0) is 6.42 Å². The van der Waals surface area contributed by atoms with E-state index in [2.05, 4.69) is 17.5 Å². The largest absolute Gasteiger partial charge is 0.289 e. The number of carbonyl (C=O) groups excluding carboxylic acids is 1. The zero-order chi connectivity index (χ0) is 12.4. The third-order valence-electron chi connectivity index (χ3n) is 3.33. The van der Waals surface area contributed by atoms with E-state index in [9.17, 15) is 4.79 Å². The van der Waals surface area contributed by atoms with E-state index in [4.69, 9.17) is 0 Å². The smallest absolute Gasteiger partial charge is 0.189 e. The van der Waals surface area contributed by atoms with Crippen LogP contribution in [0.15, 0.2) is 46.7 Å². The molecule has 0 spiro atoms. The van der Waals surface area contributed by atoms with Gasteiger partial charge in [-0.3, -0.25) is 4.79 Å². The van der Waals surface area contributed by atoms with Crippen LogP contribution < -0.4 is 0 Å². The summed E-state index contributed by atoms with van der Waals surface area (Å²) in [5.41, 5.74) is 4.16. The second kappa shape index (κ2) is 4.91. The number of aryl methyl sites for hydroxylation is 1. The van der Waals surface area contributed by atoms with E-state index in [1.54, 1.807) is 11.3 Å². The van der Waals surface area contributed by atoms with Crippen molar-refractivity contribution in [3.63, 3.8) is 0 Å². The average Bonchev–Trinajstić information content (AvgIpc) is 2.85. The Morgan fingerprint density at radius 2 is 2.00 bits per heavy atom. The number of thiophene rings is 1. The Hall–Kier alpha value is -1.67. The van der Waals surface area contributed by atoms with Gasteiger partial charge in [0.1, 0.15) is 0 Å². The molecular weight excluding hydrogens is 240 g/mol. The molecule has 1 nitrogen and oxygen atoms in total. The molecule has 1 aromatic carbocycles. The maximum Gasteiger partial charge on any atom is 0.189 e. The molecule has 18 heavy (non-hydrogen) atoms. The third-order valence-corrected chi connectivity index (χ3v) is 4.03. The van der Waals surface area contributed by atoms with Gasteiger partial charge >= 0.3 is 0 Å². The number of rotatable bonds is 1. The maximum atomic E-state index is 12.5. The van der Waals surface area contributed by atoms with Gasteiger partial charge in [0.2, 0.25) is 0 Å². The topological polar surface area (TPSA) is 17.1 Å². The van der Waals surface area contributed by atoms with Crippen molar-refractivity contribution in [1.29, 1.82) is 0 Å². The number of fused-ring (bicyclic) bond motifs is 1. The first-order valence-electron chi connectivity index (χ1n) is 6.20. The second-order valence-electron chi connectivity index (χ2n) is 4.57. The van der Waals surface area contributed by atoms with Crippen LogP contribution in [0.5, 0.6) is 0 Å². The van der Waals surface area contributed by atoms with Crippen molar-refractivity contribution in [2.24, 2.45) is 0 Å². The highest BCUT2D eigenvalue weighted by Gasteiger charge is 2.19. The Morgan fingerprint density at radius 1 is 1.11 bits per heavy atom. The lowest BCUT2D eigenvalue weighted by atomic mass is 9.99. The van der Waals surface area contributed by atoms with Crippen molar-refractivity contribution in [2.75, 3.05) is 0 Å². The van der Waals surface area contributed by atoms with E-state index >= 15 is 0 Å². The van der Waals surface area contributed by atoms with Gasteiger partial charge < -0.3 is 0 Å². The van der Waals surface area contributed by atoms with E-state index in [-0.39, 0.29) is 5.78 Å². The Kier molecular flexibility index (Phi) is 3.11. The average molecular weight is 254 g/mol. The summed E-state index contributed by atoms with van der Waals surface area (Å²) in [7, 11) is 0. The molecule has 0 aliphatic heterocycles. The number of allylic oxidation sites excluding steroid dienone is 1. The summed E-state index contributed by atoms with van der Waals surface area (Å²) in [4.78, 5) is 12.5. The second-order valence-corrected chi connectivity index (χ2v) is 5.35. The van der Waals surface area contributed by atoms with Crippen molar-refractivity contribution in [3.8, 4) is 0 Å². The molecular formula is C16H14OS. The molecule has 1 aromatic heterocycles. The predicted octanol–water partition coefficient (Wildman–Crippen LogP) is 4.35. The predicted molar refractivity (Wildman–Crippen MR) is 76.0 cm³/mol. The van der Waals surface area contributed by atoms with E-state index in [0.717, 1.165) is 36.0 Å². The highest BCUT2D eigenvalue weighted by atomic mass is 32.1. The van der Waals surface area contributed by atoms with Crippen LogP contribution in [0.25, 0.3) is 6.08 Å². The number of hydrogen-bond donors (Lipinski definition) is 0. The van der Waals surface area contributed by atoms with E-state index in [1.165, 1.54) is 5.56 Å². The minimum atomic E-state index is 0.203. The number of benzene rings is 1. The Bertz CT molecular complexity index is 593. The van der Waals surface area contributed by atoms with Gasteiger partial charge in [-0.1, -0.05) is 24.3 Å². The summed E-state index contributed by atoms with van der Waals surface area (Å²) in [6, 6.07) is 10.0. The summed E-state index contributed by atoms with van der Waals surface area (Å²) >= 11 is 1.66. The lowest BCUT2D eigenvalue weighted by Gasteiger charge is -2.04. The standard InChI is InChI=1S/C16H14OS/c17-16-14(10-12-8-9-18-11-12)6-3-5-13-4-1-2-7-15(13)16/h1-2,4,7-11H,3,5-6H2. The molecule has 1 aliphatic rings. The molecule has 0 N–H and O–H groups in total. The molecule has 0 fully saturated rings. The maximum absolute atomic E-state index is 12.5. The summed E-state index contributed by atoms with van der Waals surface area (Å²) < 4.78 is 0. The number of carbonyl (C=O) groups is 1. The summed E-state index contributed by atoms with van der Waals surface area (Å²) in [6.45, 7) is 0. The fraction of sp³-hybridized carbons (Fsp3) is 0.188. The Labute approximate surface area is 111 Å². The number of hydrogen-bond acceptors (Lipinski definition) is 2. The van der Waals surface area contributed by atoms with Gasteiger partial charge in [0.05, 0.1) is 0 Å². The van der Waals surface area contributed by atoms with Crippen molar-refractivity contribution < 1.29 is 4.79 Å². The van der Waals surface area contributed by atoms with Gasteiger partial charge in [0.15, 0.2) is 5.78 Å². The normalized spacial score (nSPS) is 17.6. The number of ketones is 1. The van der Waals surface area contributed by atoms with E-state index in [0.29, 0.717) is 0 Å². The zero-order valence-electron chi connectivity index (χ0n) is 10.1. The third kappa shape index (κ3) is 2.16. The molecule has 0 bridgehead atoms. The lowest BCUT2D eigenvalue weighted by Crippen LogP contribution is -2.03. The van der Waals surface area contributed by atoms with Crippen LogP contribution in [-0.4, -0.2) is 5.78 Å². The molecule has 0 unspecified atom stereocenters. The van der Waals surface area contributed by atoms with Gasteiger partial charge in [-0.05, 0) is 53.3 Å². The summed E-state index contributed by atoms with van der Waals surface area (Å²) in [5.74, 6) is 0.203. The Morgan fingerprint density at radius 3 is 2.83 bits per heavy atom. The van der Waals surface area contributed by atoms with Crippen molar-refractivity contribution in [2.45, 2.75) is 19.3 Å². The number of Topliss-reactive ketones (excluding diaryl/α,β-unsaturated/α-hetero) is 1. The molecule has 0 radical (unpaired) electrons. The first kappa shape index (κ1) is 11.4. The summed E-state index contributed by atoms with van der Waals surface area (Å²) in [6.07, 6.45) is 4.98. The minimum absolute atomic E-state index is 0.203. The molecule has 2 aromatic rings. The molecule has 1 aliphatic carbocycles. The lowest BCUT2D eigenvalue weighted by molar-refractivity contribution is 0.103. The first-order valence-corrected chi connectivity index (χ1v) is 7.14. The fourth-order valence-electron chi connectivity index (χ4n) is 2.41. The van der Waals surface area contributed by atoms with Gasteiger partial charge in [0, 0.05) is 11.1 Å². The van der Waals surface area contributed by atoms with Crippen LogP contribution in [0.2, 0.25) is 0 Å². The van der Waals surface area contributed by atoms with Crippen LogP contribution in [0.3, 0.4) is 0 Å².